The minimum absolute atomic E-state index is 0.105. The van der Waals surface area contributed by atoms with Crippen LogP contribution in [0.4, 0.5) is 0 Å². The van der Waals surface area contributed by atoms with Gasteiger partial charge in [0.25, 0.3) is 0 Å². The lowest BCUT2D eigenvalue weighted by molar-refractivity contribution is -0.102. The number of rotatable bonds is 0. The molecule has 0 aliphatic heterocycles. The maximum atomic E-state index is 11.2. The van der Waals surface area contributed by atoms with Crippen LogP contribution in [0.5, 0.6) is 0 Å². The molecule has 1 N–H and O–H groups in total. The molecule has 0 heterocycles. The van der Waals surface area contributed by atoms with Crippen LogP contribution in [0.3, 0.4) is 0 Å². The summed E-state index contributed by atoms with van der Waals surface area (Å²) in [6, 6.07) is 0. The van der Waals surface area contributed by atoms with E-state index in [0.29, 0.717) is 0 Å². The molecule has 9 aliphatic carbocycles. The van der Waals surface area contributed by atoms with Crippen LogP contribution >= 0.6 is 0 Å². The normalized spacial score (nSPS) is 95.4. The Kier molecular flexibility index (Phi) is 0.618. The molecule has 0 saturated heterocycles. The Labute approximate surface area is 89.2 Å². The highest BCUT2D eigenvalue weighted by molar-refractivity contribution is 5.40. The van der Waals surface area contributed by atoms with Gasteiger partial charge in [-0.3, -0.25) is 0 Å². The zero-order valence-corrected chi connectivity index (χ0v) is 8.71. The Bertz CT molecular complexity index is 445. The molecule has 0 spiro atoms. The third-order valence-electron chi connectivity index (χ3n) is 8.42. The van der Waals surface area contributed by atoms with Crippen LogP contribution in [0.25, 0.3) is 0 Å². The maximum Gasteiger partial charge on any atom is 0.0745 e. The van der Waals surface area contributed by atoms with Crippen molar-refractivity contribution in [3.8, 4) is 0 Å². The molecule has 15 heavy (non-hydrogen) atoms. The first-order chi connectivity index (χ1) is 7.33. The largest absolute Gasteiger partial charge is 0.389 e. The molecule has 1 nitrogen and oxygen atoms in total. The highest BCUT2D eigenvalue weighted by Crippen LogP contribution is 2.93. The first-order valence-electron chi connectivity index (χ1n) is 7.06. The molecule has 9 saturated carbocycles. The molecule has 9 rings (SSSR count). The lowest BCUT2D eigenvalue weighted by Crippen LogP contribution is -2.49. The molecular formula is C14H16O. The van der Waals surface area contributed by atoms with E-state index in [1.807, 2.05) is 0 Å². The molecule has 0 radical (unpaired) electrons. The predicted molar refractivity (Wildman–Crippen MR) is 52.6 cm³/mol. The van der Waals surface area contributed by atoms with Crippen molar-refractivity contribution in [2.45, 2.75) is 18.4 Å². The van der Waals surface area contributed by atoms with Crippen molar-refractivity contribution >= 4 is 0 Å². The SMILES string of the molecule is O[C@@]12C3CC4C(C3C3C5CC6C3C6C51)C42. The van der Waals surface area contributed by atoms with E-state index in [1.165, 1.54) is 12.8 Å². The molecule has 1 heteroatoms. The molecule has 9 fully saturated rings. The summed E-state index contributed by atoms with van der Waals surface area (Å²) in [5.41, 5.74) is -0.105. The van der Waals surface area contributed by atoms with Gasteiger partial charge in [0.15, 0.2) is 0 Å². The van der Waals surface area contributed by atoms with Crippen LogP contribution in [0.2, 0.25) is 0 Å². The molecule has 11 unspecified atom stereocenters. The zero-order valence-electron chi connectivity index (χ0n) is 8.71. The summed E-state index contributed by atoms with van der Waals surface area (Å²) in [6.45, 7) is 0. The van der Waals surface area contributed by atoms with Crippen LogP contribution in [-0.2, 0) is 0 Å². The number of hydrogen-bond acceptors (Lipinski definition) is 1. The molecule has 12 bridgehead atoms. The fourth-order valence-electron chi connectivity index (χ4n) is 8.75. The van der Waals surface area contributed by atoms with E-state index in [9.17, 15) is 5.11 Å². The Morgan fingerprint density at radius 1 is 0.733 bits per heavy atom. The molecule has 0 aromatic heterocycles. The van der Waals surface area contributed by atoms with E-state index in [1.54, 1.807) is 0 Å². The number of aliphatic hydroxyl groups is 1. The van der Waals surface area contributed by atoms with Crippen molar-refractivity contribution in [2.24, 2.45) is 65.1 Å². The first kappa shape index (κ1) is 6.64. The van der Waals surface area contributed by atoms with Gasteiger partial charge in [-0.1, -0.05) is 0 Å². The summed E-state index contributed by atoms with van der Waals surface area (Å²) in [5.74, 6) is 10.8. The first-order valence-corrected chi connectivity index (χ1v) is 7.06. The second-order valence-corrected chi connectivity index (χ2v) is 7.90. The minimum atomic E-state index is -0.105. The third-order valence-corrected chi connectivity index (χ3v) is 8.42. The second kappa shape index (κ2) is 1.40. The molecule has 0 aromatic rings. The molecule has 78 valence electrons. The Hall–Kier alpha value is -0.0400. The minimum Gasteiger partial charge on any atom is -0.389 e. The summed E-state index contributed by atoms with van der Waals surface area (Å²) in [4.78, 5) is 0. The zero-order chi connectivity index (χ0) is 9.27. The van der Waals surface area contributed by atoms with Crippen LogP contribution in [0.15, 0.2) is 0 Å². The smallest absolute Gasteiger partial charge is 0.0745 e. The van der Waals surface area contributed by atoms with Crippen molar-refractivity contribution in [1.82, 2.24) is 0 Å². The van der Waals surface area contributed by atoms with Gasteiger partial charge in [-0.15, -0.1) is 0 Å². The monoisotopic (exact) mass is 200 g/mol. The van der Waals surface area contributed by atoms with Crippen molar-refractivity contribution in [2.75, 3.05) is 0 Å². The van der Waals surface area contributed by atoms with Gasteiger partial charge in [-0.25, -0.2) is 0 Å². The van der Waals surface area contributed by atoms with Crippen molar-refractivity contribution in [3.05, 3.63) is 0 Å². The lowest BCUT2D eigenvalue weighted by Gasteiger charge is -2.44. The van der Waals surface area contributed by atoms with Gasteiger partial charge in [0.2, 0.25) is 0 Å². The summed E-state index contributed by atoms with van der Waals surface area (Å²) in [5, 5.41) is 11.2. The fourth-order valence-corrected chi connectivity index (χ4v) is 8.75. The van der Waals surface area contributed by atoms with Gasteiger partial charge >= 0.3 is 0 Å². The Morgan fingerprint density at radius 2 is 1.40 bits per heavy atom. The van der Waals surface area contributed by atoms with E-state index in [-0.39, 0.29) is 5.60 Å². The topological polar surface area (TPSA) is 20.2 Å². The van der Waals surface area contributed by atoms with Gasteiger partial charge in [-0.2, -0.15) is 0 Å². The quantitative estimate of drug-likeness (QED) is 0.626. The van der Waals surface area contributed by atoms with Crippen molar-refractivity contribution in [1.29, 1.82) is 0 Å². The van der Waals surface area contributed by atoms with Gasteiger partial charge < -0.3 is 5.11 Å². The highest BCUT2D eigenvalue weighted by atomic mass is 16.3. The van der Waals surface area contributed by atoms with Gasteiger partial charge in [-0.05, 0) is 77.9 Å². The van der Waals surface area contributed by atoms with Crippen molar-refractivity contribution in [3.63, 3.8) is 0 Å². The average Bonchev–Trinajstić information content (AvgIpc) is 2.73. The van der Waals surface area contributed by atoms with Crippen LogP contribution < -0.4 is 0 Å². The third kappa shape index (κ3) is 0.365. The van der Waals surface area contributed by atoms with Gasteiger partial charge in [0, 0.05) is 0 Å². The summed E-state index contributed by atoms with van der Waals surface area (Å²) in [6.07, 6.45) is 2.96. The summed E-state index contributed by atoms with van der Waals surface area (Å²) in [7, 11) is 0. The lowest BCUT2D eigenvalue weighted by atomic mass is 9.64. The van der Waals surface area contributed by atoms with E-state index < -0.39 is 0 Å². The molecule has 9 aliphatic rings. The summed E-state index contributed by atoms with van der Waals surface area (Å²) < 4.78 is 0. The molecule has 0 amide bonds. The van der Waals surface area contributed by atoms with E-state index in [2.05, 4.69) is 0 Å². The Morgan fingerprint density at radius 3 is 2.13 bits per heavy atom. The van der Waals surface area contributed by atoms with Crippen molar-refractivity contribution < 1.29 is 5.11 Å². The highest BCUT2D eigenvalue weighted by Gasteiger charge is 2.93. The molecule has 12 atom stereocenters. The fraction of sp³-hybridized carbons (Fsp3) is 1.00. The van der Waals surface area contributed by atoms with Crippen LogP contribution in [0, 0.1) is 65.1 Å². The van der Waals surface area contributed by atoms with Crippen LogP contribution in [-0.4, -0.2) is 10.7 Å². The molecule has 0 aromatic carbocycles. The maximum absolute atomic E-state index is 11.2. The van der Waals surface area contributed by atoms with E-state index in [0.717, 1.165) is 65.1 Å². The summed E-state index contributed by atoms with van der Waals surface area (Å²) >= 11 is 0. The number of hydrogen-bond donors (Lipinski definition) is 1. The second-order valence-electron chi connectivity index (χ2n) is 7.90. The van der Waals surface area contributed by atoms with Gasteiger partial charge in [0.05, 0.1) is 5.60 Å². The average molecular weight is 200 g/mol. The molecular weight excluding hydrogens is 184 g/mol. The predicted octanol–water partition coefficient (Wildman–Crippen LogP) is 1.37. The van der Waals surface area contributed by atoms with E-state index in [4.69, 9.17) is 0 Å². The van der Waals surface area contributed by atoms with Crippen LogP contribution in [0.1, 0.15) is 12.8 Å². The Balaban J connectivity index is 1.62. The van der Waals surface area contributed by atoms with Gasteiger partial charge in [0.1, 0.15) is 0 Å². The van der Waals surface area contributed by atoms with E-state index >= 15 is 0 Å². The standard InChI is InChI=1S/C14H16O/c15-14-6-2-5-10(13(5)14)11(6)8-4-1-3-7(8)9(3)12(4)14/h3-13,15H,1-2H2/t3?,4?,5?,6?,7?,8?,9?,10?,11?,12?,13?,14-/m0/s1.